The zero-order valence-electron chi connectivity index (χ0n) is 17.0. The Labute approximate surface area is 180 Å². The van der Waals surface area contributed by atoms with Crippen molar-refractivity contribution in [1.29, 1.82) is 0 Å². The monoisotopic (exact) mass is 423 g/mol. The van der Waals surface area contributed by atoms with Crippen molar-refractivity contribution in [2.24, 2.45) is 0 Å². The van der Waals surface area contributed by atoms with Gasteiger partial charge in [0.25, 0.3) is 5.91 Å². The van der Waals surface area contributed by atoms with Gasteiger partial charge in [-0.2, -0.15) is 0 Å². The molecular formula is C23H22ClN3O3. The van der Waals surface area contributed by atoms with Crippen LogP contribution in [-0.2, 0) is 4.79 Å². The van der Waals surface area contributed by atoms with E-state index >= 15 is 0 Å². The van der Waals surface area contributed by atoms with Crippen molar-refractivity contribution >= 4 is 34.8 Å². The predicted octanol–water partition coefficient (Wildman–Crippen LogP) is 5.17. The molecule has 1 aliphatic heterocycles. The largest absolute Gasteiger partial charge is 0.351 e. The van der Waals surface area contributed by atoms with Gasteiger partial charge in [0.15, 0.2) is 0 Å². The van der Waals surface area contributed by atoms with Crippen LogP contribution in [0.2, 0.25) is 5.02 Å². The Hall–Kier alpha value is -3.12. The molecule has 1 aromatic heterocycles. The van der Waals surface area contributed by atoms with Crippen molar-refractivity contribution in [3.8, 4) is 0 Å². The maximum Gasteiger partial charge on any atom is 0.297 e. The molecule has 0 aliphatic carbocycles. The van der Waals surface area contributed by atoms with Gasteiger partial charge in [-0.1, -0.05) is 35.0 Å². The number of hydrogen-bond donors (Lipinski definition) is 0. The van der Waals surface area contributed by atoms with Gasteiger partial charge in [-0.05, 0) is 56.2 Å². The summed E-state index contributed by atoms with van der Waals surface area (Å²) in [5.41, 5.74) is 3.09. The van der Waals surface area contributed by atoms with Crippen LogP contribution in [0.5, 0.6) is 0 Å². The molecular weight excluding hydrogens is 402 g/mol. The van der Waals surface area contributed by atoms with E-state index in [1.165, 1.54) is 0 Å². The third-order valence-electron chi connectivity index (χ3n) is 5.37. The first-order chi connectivity index (χ1) is 14.4. The average Bonchev–Trinajstić information content (AvgIpc) is 3.15. The summed E-state index contributed by atoms with van der Waals surface area (Å²) in [6.45, 7) is 5.31. The lowest BCUT2D eigenvalue weighted by Gasteiger charge is -2.43. The Balaban J connectivity index is 1.78. The van der Waals surface area contributed by atoms with Crippen LogP contribution in [0.15, 0.2) is 59.1 Å². The number of aryl methyl sites for hydroxylation is 1. The van der Waals surface area contributed by atoms with E-state index < -0.39 is 0 Å². The number of amides is 2. The van der Waals surface area contributed by atoms with Gasteiger partial charge in [-0.25, -0.2) is 0 Å². The van der Waals surface area contributed by atoms with Gasteiger partial charge in [-0.3, -0.25) is 9.59 Å². The second-order valence-corrected chi connectivity index (χ2v) is 7.97. The number of carbonyl (C=O) groups is 2. The Morgan fingerprint density at radius 1 is 1.17 bits per heavy atom. The summed E-state index contributed by atoms with van der Waals surface area (Å²) in [7, 11) is 0. The van der Waals surface area contributed by atoms with Gasteiger partial charge in [0.2, 0.25) is 11.7 Å². The van der Waals surface area contributed by atoms with Crippen LogP contribution in [0.3, 0.4) is 0 Å². The van der Waals surface area contributed by atoms with E-state index in [0.29, 0.717) is 17.1 Å². The first-order valence-corrected chi connectivity index (χ1v) is 10.2. The van der Waals surface area contributed by atoms with Crippen molar-refractivity contribution in [2.75, 3.05) is 9.80 Å². The summed E-state index contributed by atoms with van der Waals surface area (Å²) in [5, 5.41) is 4.45. The molecule has 4 rings (SSSR count). The number of halogens is 1. The van der Waals surface area contributed by atoms with Gasteiger partial charge in [0, 0.05) is 35.4 Å². The molecule has 0 fully saturated rings. The molecule has 0 saturated carbocycles. The molecule has 0 spiro atoms. The highest BCUT2D eigenvalue weighted by Gasteiger charge is 2.38. The summed E-state index contributed by atoms with van der Waals surface area (Å²) in [4.78, 5) is 29.4. The van der Waals surface area contributed by atoms with Crippen molar-refractivity contribution < 1.29 is 14.1 Å². The molecule has 2 heterocycles. The van der Waals surface area contributed by atoms with Crippen molar-refractivity contribution in [2.45, 2.75) is 39.3 Å². The van der Waals surface area contributed by atoms with E-state index in [-0.39, 0.29) is 29.7 Å². The third-order valence-corrected chi connectivity index (χ3v) is 5.63. The van der Waals surface area contributed by atoms with Crippen LogP contribution in [0, 0.1) is 6.92 Å². The quantitative estimate of drug-likeness (QED) is 0.582. The van der Waals surface area contributed by atoms with Crippen LogP contribution in [0.25, 0.3) is 0 Å². The number of para-hydroxylation sites is 1. The summed E-state index contributed by atoms with van der Waals surface area (Å²) < 4.78 is 5.22. The first kappa shape index (κ1) is 20.2. The average molecular weight is 424 g/mol. The van der Waals surface area contributed by atoms with E-state index in [1.54, 1.807) is 41.8 Å². The normalized spacial score (nSPS) is 18.1. The Morgan fingerprint density at radius 3 is 2.50 bits per heavy atom. The van der Waals surface area contributed by atoms with E-state index in [2.05, 4.69) is 5.16 Å². The lowest BCUT2D eigenvalue weighted by atomic mass is 9.89. The summed E-state index contributed by atoms with van der Waals surface area (Å²) in [6.07, 6.45) is 0.581. The zero-order valence-corrected chi connectivity index (χ0v) is 17.8. The summed E-state index contributed by atoms with van der Waals surface area (Å²) in [5.74, 6) is -0.112. The van der Waals surface area contributed by atoms with Crippen LogP contribution in [0.1, 0.15) is 48.1 Å². The Morgan fingerprint density at radius 2 is 1.87 bits per heavy atom. The number of rotatable bonds is 3. The molecule has 2 unspecified atom stereocenters. The van der Waals surface area contributed by atoms with Crippen molar-refractivity contribution in [3.63, 3.8) is 0 Å². The number of carbonyl (C=O) groups excluding carboxylic acids is 2. The Bertz CT molecular complexity index is 1090. The molecule has 7 heteroatoms. The lowest BCUT2D eigenvalue weighted by molar-refractivity contribution is -0.117. The topological polar surface area (TPSA) is 66.7 Å². The van der Waals surface area contributed by atoms with Crippen LogP contribution in [-0.4, -0.2) is 23.0 Å². The second kappa shape index (κ2) is 7.95. The molecule has 0 radical (unpaired) electrons. The van der Waals surface area contributed by atoms with Gasteiger partial charge in [0.1, 0.15) is 0 Å². The van der Waals surface area contributed by atoms with E-state index in [4.69, 9.17) is 16.1 Å². The zero-order chi connectivity index (χ0) is 21.4. The van der Waals surface area contributed by atoms with Crippen molar-refractivity contribution in [3.05, 3.63) is 76.6 Å². The summed E-state index contributed by atoms with van der Waals surface area (Å²) >= 11 is 6.04. The van der Waals surface area contributed by atoms with Crippen molar-refractivity contribution in [1.82, 2.24) is 5.16 Å². The van der Waals surface area contributed by atoms with Gasteiger partial charge >= 0.3 is 0 Å². The molecule has 2 atom stereocenters. The molecule has 1 aliphatic rings. The fourth-order valence-corrected chi connectivity index (χ4v) is 4.23. The second-order valence-electron chi connectivity index (χ2n) is 7.53. The fraction of sp³-hybridized carbons (Fsp3) is 0.261. The van der Waals surface area contributed by atoms with Gasteiger partial charge in [-0.15, -0.1) is 0 Å². The third kappa shape index (κ3) is 3.59. The molecule has 2 aromatic carbocycles. The molecule has 30 heavy (non-hydrogen) atoms. The molecule has 0 saturated heterocycles. The van der Waals surface area contributed by atoms with Crippen LogP contribution >= 0.6 is 11.6 Å². The number of nitrogens with zero attached hydrogens (tertiary/aromatic N) is 3. The molecule has 154 valence electrons. The van der Waals surface area contributed by atoms with E-state index in [9.17, 15) is 9.59 Å². The maximum absolute atomic E-state index is 13.2. The highest BCUT2D eigenvalue weighted by atomic mass is 35.5. The van der Waals surface area contributed by atoms with Gasteiger partial charge in [0.05, 0.1) is 11.7 Å². The van der Waals surface area contributed by atoms with Crippen LogP contribution < -0.4 is 9.80 Å². The first-order valence-electron chi connectivity index (χ1n) is 9.78. The smallest absolute Gasteiger partial charge is 0.297 e. The van der Waals surface area contributed by atoms with Gasteiger partial charge < -0.3 is 14.3 Å². The minimum atomic E-state index is -0.241. The number of anilines is 2. The molecule has 0 bridgehead atoms. The lowest BCUT2D eigenvalue weighted by Crippen LogP contribution is -2.47. The number of aromatic nitrogens is 1. The summed E-state index contributed by atoms with van der Waals surface area (Å²) in [6, 6.07) is 16.2. The van der Waals surface area contributed by atoms with Crippen LogP contribution in [0.4, 0.5) is 11.4 Å². The van der Waals surface area contributed by atoms with E-state index in [1.807, 2.05) is 43.3 Å². The minimum absolute atomic E-state index is 0.0741. The number of fused-ring (bicyclic) bond motifs is 1. The number of hydrogen-bond acceptors (Lipinski definition) is 4. The molecule has 0 N–H and O–H groups in total. The molecule has 3 aromatic rings. The minimum Gasteiger partial charge on any atom is -0.351 e. The fourth-order valence-electron chi connectivity index (χ4n) is 4.10. The predicted molar refractivity (Wildman–Crippen MR) is 116 cm³/mol. The number of benzene rings is 2. The molecule has 6 nitrogen and oxygen atoms in total. The highest BCUT2D eigenvalue weighted by molar-refractivity contribution is 6.30. The maximum atomic E-state index is 13.2. The Kier molecular flexibility index (Phi) is 5.35. The van der Waals surface area contributed by atoms with E-state index in [0.717, 1.165) is 16.9 Å². The highest BCUT2D eigenvalue weighted by Crippen LogP contribution is 2.42. The molecule has 2 amide bonds. The standard InChI is InChI=1S/C23H22ClN3O3/c1-14-12-22(30-25-14)23(29)26-15(2)13-21(19-6-4-5-7-20(19)26)27(16(3)28)18-10-8-17(24)9-11-18/h4-12,15,21H,13H2,1-3H3. The SMILES string of the molecule is CC(=O)N(c1ccc(Cl)cc1)C1CC(C)N(C(=O)c2cc(C)no2)c2ccccc21.